The summed E-state index contributed by atoms with van der Waals surface area (Å²) < 4.78 is 0. The highest BCUT2D eigenvalue weighted by atomic mass is 16.2. The van der Waals surface area contributed by atoms with E-state index in [1.807, 2.05) is 44.2 Å². The Bertz CT molecular complexity index is 422. The number of amides is 1. The van der Waals surface area contributed by atoms with Crippen LogP contribution in [0, 0.1) is 11.3 Å². The van der Waals surface area contributed by atoms with E-state index < -0.39 is 6.04 Å². The van der Waals surface area contributed by atoms with Gasteiger partial charge < -0.3 is 10.6 Å². The van der Waals surface area contributed by atoms with Crippen molar-refractivity contribution >= 4 is 5.91 Å². The van der Waals surface area contributed by atoms with E-state index in [9.17, 15) is 4.79 Å². The van der Waals surface area contributed by atoms with E-state index in [4.69, 9.17) is 11.0 Å². The minimum Gasteiger partial charge on any atom is -0.338 e. The molecule has 4 nitrogen and oxygen atoms in total. The molecular weight excluding hydrogens is 226 g/mol. The summed E-state index contributed by atoms with van der Waals surface area (Å²) in [7, 11) is 0. The maximum Gasteiger partial charge on any atom is 0.244 e. The predicted molar refractivity (Wildman–Crippen MR) is 70.4 cm³/mol. The van der Waals surface area contributed by atoms with Crippen molar-refractivity contribution in [2.24, 2.45) is 5.73 Å². The Morgan fingerprint density at radius 2 is 2.00 bits per heavy atom. The van der Waals surface area contributed by atoms with Gasteiger partial charge in [0.15, 0.2) is 0 Å². The van der Waals surface area contributed by atoms with Gasteiger partial charge in [-0.25, -0.2) is 0 Å². The Kier molecular flexibility index (Phi) is 5.34. The summed E-state index contributed by atoms with van der Waals surface area (Å²) in [5, 5.41) is 8.62. The van der Waals surface area contributed by atoms with Crippen LogP contribution in [0.2, 0.25) is 0 Å². The van der Waals surface area contributed by atoms with Gasteiger partial charge >= 0.3 is 0 Å². The molecule has 0 unspecified atom stereocenters. The lowest BCUT2D eigenvalue weighted by atomic mass is 10.1. The van der Waals surface area contributed by atoms with Crippen molar-refractivity contribution in [3.05, 3.63) is 35.9 Å². The van der Waals surface area contributed by atoms with Crippen molar-refractivity contribution in [3.63, 3.8) is 0 Å². The van der Waals surface area contributed by atoms with Crippen LogP contribution in [-0.4, -0.2) is 23.4 Å². The van der Waals surface area contributed by atoms with Crippen molar-refractivity contribution in [2.75, 3.05) is 6.54 Å². The fourth-order valence-corrected chi connectivity index (χ4v) is 1.77. The monoisotopic (exact) mass is 245 g/mol. The summed E-state index contributed by atoms with van der Waals surface area (Å²) in [6.07, 6.45) is 0.325. The molecule has 1 amide bonds. The van der Waals surface area contributed by atoms with Crippen LogP contribution in [0.3, 0.4) is 0 Å². The molecule has 1 aromatic carbocycles. The van der Waals surface area contributed by atoms with E-state index in [1.54, 1.807) is 4.90 Å². The predicted octanol–water partition coefficient (Wildman–Crippen LogP) is 1.84. The Hall–Kier alpha value is -1.86. The molecular formula is C14H19N3O. The molecule has 1 atom stereocenters. The molecule has 0 aliphatic rings. The minimum atomic E-state index is -0.660. The Morgan fingerprint density at radius 3 is 2.50 bits per heavy atom. The van der Waals surface area contributed by atoms with Gasteiger partial charge in [-0.15, -0.1) is 0 Å². The van der Waals surface area contributed by atoms with E-state index in [1.165, 1.54) is 0 Å². The summed E-state index contributed by atoms with van der Waals surface area (Å²) in [5.41, 5.74) is 6.77. The largest absolute Gasteiger partial charge is 0.338 e. The molecule has 4 heteroatoms. The first-order valence-corrected chi connectivity index (χ1v) is 6.06. The van der Waals surface area contributed by atoms with Crippen LogP contribution in [0.15, 0.2) is 30.3 Å². The number of nitrogens with zero attached hydrogens (tertiary/aromatic N) is 2. The second-order valence-corrected chi connectivity index (χ2v) is 4.42. The van der Waals surface area contributed by atoms with E-state index in [0.29, 0.717) is 13.0 Å². The van der Waals surface area contributed by atoms with E-state index >= 15 is 0 Å². The van der Waals surface area contributed by atoms with Gasteiger partial charge in [-0.05, 0) is 19.4 Å². The lowest BCUT2D eigenvalue weighted by molar-refractivity contribution is -0.134. The molecule has 0 radical (unpaired) electrons. The smallest absolute Gasteiger partial charge is 0.244 e. The third kappa shape index (κ3) is 3.57. The van der Waals surface area contributed by atoms with Crippen LogP contribution in [0.1, 0.15) is 31.9 Å². The molecule has 0 fully saturated rings. The molecule has 0 heterocycles. The SMILES string of the molecule is CC(C)N(CCC#N)C(=O)[C@@H](N)c1ccccc1. The maximum atomic E-state index is 12.3. The van der Waals surface area contributed by atoms with Crippen LogP contribution < -0.4 is 5.73 Å². The average Bonchev–Trinajstić information content (AvgIpc) is 2.38. The van der Waals surface area contributed by atoms with Gasteiger partial charge in [0, 0.05) is 12.6 Å². The third-order valence-corrected chi connectivity index (χ3v) is 2.80. The molecule has 1 aromatic rings. The van der Waals surface area contributed by atoms with Crippen molar-refractivity contribution in [1.82, 2.24) is 4.90 Å². The number of benzene rings is 1. The van der Waals surface area contributed by atoms with Gasteiger partial charge in [-0.1, -0.05) is 30.3 Å². The lowest BCUT2D eigenvalue weighted by Gasteiger charge is -2.28. The first-order valence-electron chi connectivity index (χ1n) is 6.06. The molecule has 0 aromatic heterocycles. The van der Waals surface area contributed by atoms with Crippen molar-refractivity contribution in [3.8, 4) is 6.07 Å². The van der Waals surface area contributed by atoms with Crippen LogP contribution >= 0.6 is 0 Å². The van der Waals surface area contributed by atoms with Gasteiger partial charge in [0.25, 0.3) is 0 Å². The van der Waals surface area contributed by atoms with E-state index in [2.05, 4.69) is 6.07 Å². The summed E-state index contributed by atoms with van der Waals surface area (Å²) in [6.45, 7) is 4.27. The second-order valence-electron chi connectivity index (χ2n) is 4.42. The molecule has 0 saturated heterocycles. The van der Waals surface area contributed by atoms with Crippen LogP contribution in [0.4, 0.5) is 0 Å². The molecule has 0 aliphatic carbocycles. The molecule has 0 saturated carbocycles. The molecule has 18 heavy (non-hydrogen) atoms. The fraction of sp³-hybridized carbons (Fsp3) is 0.429. The van der Waals surface area contributed by atoms with Gasteiger partial charge in [0.2, 0.25) is 5.91 Å². The van der Waals surface area contributed by atoms with Gasteiger partial charge in [0.05, 0.1) is 12.5 Å². The number of nitrogens with two attached hydrogens (primary N) is 1. The highest BCUT2D eigenvalue weighted by Gasteiger charge is 2.23. The quantitative estimate of drug-likeness (QED) is 0.860. The Labute approximate surface area is 108 Å². The molecule has 1 rings (SSSR count). The maximum absolute atomic E-state index is 12.3. The minimum absolute atomic E-state index is 0.0422. The Morgan fingerprint density at radius 1 is 1.39 bits per heavy atom. The van der Waals surface area contributed by atoms with Crippen LogP contribution in [0.25, 0.3) is 0 Å². The highest BCUT2D eigenvalue weighted by Crippen LogP contribution is 2.14. The number of nitriles is 1. The number of rotatable bonds is 5. The van der Waals surface area contributed by atoms with Crippen LogP contribution in [-0.2, 0) is 4.79 Å². The summed E-state index contributed by atoms with van der Waals surface area (Å²) in [6, 6.07) is 10.7. The summed E-state index contributed by atoms with van der Waals surface area (Å²) in [4.78, 5) is 13.9. The highest BCUT2D eigenvalue weighted by molar-refractivity contribution is 5.83. The second kappa shape index (κ2) is 6.77. The zero-order valence-corrected chi connectivity index (χ0v) is 10.8. The van der Waals surface area contributed by atoms with Crippen molar-refractivity contribution < 1.29 is 4.79 Å². The molecule has 0 aliphatic heterocycles. The van der Waals surface area contributed by atoms with Crippen LogP contribution in [0.5, 0.6) is 0 Å². The fourth-order valence-electron chi connectivity index (χ4n) is 1.77. The first-order chi connectivity index (χ1) is 8.57. The number of hydrogen-bond donors (Lipinski definition) is 1. The van der Waals surface area contributed by atoms with Crippen molar-refractivity contribution in [1.29, 1.82) is 5.26 Å². The molecule has 96 valence electrons. The van der Waals surface area contributed by atoms with Crippen molar-refractivity contribution in [2.45, 2.75) is 32.4 Å². The standard InChI is InChI=1S/C14H19N3O/c1-11(2)17(10-6-9-15)14(18)13(16)12-7-4-3-5-8-12/h3-5,7-8,11,13H,6,10,16H2,1-2H3/t13-/m0/s1. The normalized spacial score (nSPS) is 11.9. The third-order valence-electron chi connectivity index (χ3n) is 2.80. The zero-order valence-electron chi connectivity index (χ0n) is 10.8. The molecule has 0 spiro atoms. The number of carbonyl (C=O) groups excluding carboxylic acids is 1. The zero-order chi connectivity index (χ0) is 13.5. The average molecular weight is 245 g/mol. The number of carbonyl (C=O) groups is 1. The summed E-state index contributed by atoms with van der Waals surface area (Å²) >= 11 is 0. The first kappa shape index (κ1) is 14.2. The molecule has 2 N–H and O–H groups in total. The number of hydrogen-bond acceptors (Lipinski definition) is 3. The van der Waals surface area contributed by atoms with Gasteiger partial charge in [-0.3, -0.25) is 4.79 Å². The van der Waals surface area contributed by atoms with Gasteiger partial charge in [-0.2, -0.15) is 5.26 Å². The molecule has 0 bridgehead atoms. The van der Waals surface area contributed by atoms with E-state index in [-0.39, 0.29) is 11.9 Å². The topological polar surface area (TPSA) is 70.1 Å². The summed E-state index contributed by atoms with van der Waals surface area (Å²) in [5.74, 6) is -0.133. The lowest BCUT2D eigenvalue weighted by Crippen LogP contribution is -2.43. The van der Waals surface area contributed by atoms with E-state index in [0.717, 1.165) is 5.56 Å². The Balaban J connectivity index is 2.80. The van der Waals surface area contributed by atoms with Gasteiger partial charge in [0.1, 0.15) is 6.04 Å².